The van der Waals surface area contributed by atoms with Crippen molar-refractivity contribution in [2.75, 3.05) is 32.8 Å². The molecule has 1 saturated heterocycles. The number of rotatable bonds is 4. The van der Waals surface area contributed by atoms with Crippen LogP contribution in [0.2, 0.25) is 0 Å². The molecule has 1 aliphatic rings. The second-order valence-corrected chi connectivity index (χ2v) is 7.11. The zero-order valence-electron chi connectivity index (χ0n) is 16.4. The van der Waals surface area contributed by atoms with Crippen LogP contribution < -0.4 is 4.90 Å². The van der Waals surface area contributed by atoms with Crippen LogP contribution in [0.15, 0.2) is 54.9 Å². The van der Waals surface area contributed by atoms with Gasteiger partial charge in [0.15, 0.2) is 11.8 Å². The molecule has 7 heteroatoms. The highest BCUT2D eigenvalue weighted by Crippen LogP contribution is 2.32. The van der Waals surface area contributed by atoms with Crippen LogP contribution in [0.3, 0.4) is 0 Å². The largest absolute Gasteiger partial charge is 0.505 e. The van der Waals surface area contributed by atoms with Gasteiger partial charge in [0.25, 0.3) is 0 Å². The molecular weight excluding hydrogens is 368 g/mol. The predicted molar refractivity (Wildman–Crippen MR) is 109 cm³/mol. The maximum absolute atomic E-state index is 12.0. The number of nitrogens with one attached hydrogen (secondary N) is 1. The van der Waals surface area contributed by atoms with Crippen molar-refractivity contribution >= 4 is 17.0 Å². The van der Waals surface area contributed by atoms with E-state index in [1.54, 1.807) is 17.3 Å². The summed E-state index contributed by atoms with van der Waals surface area (Å²) in [6, 6.07) is 13.4. The summed E-state index contributed by atoms with van der Waals surface area (Å²) in [6.07, 6.45) is 3.19. The molecule has 0 saturated carbocycles. The van der Waals surface area contributed by atoms with Gasteiger partial charge < -0.3 is 14.7 Å². The number of aromatic hydroxyl groups is 1. The number of fused-ring (bicyclic) bond motifs is 1. The Bertz CT molecular complexity index is 988. The number of amides is 1. The van der Waals surface area contributed by atoms with E-state index in [-0.39, 0.29) is 17.9 Å². The number of piperazine rings is 1. The number of ether oxygens (including phenoxy) is 1. The van der Waals surface area contributed by atoms with Gasteiger partial charge in [0, 0.05) is 17.8 Å². The minimum absolute atomic E-state index is 0.146. The summed E-state index contributed by atoms with van der Waals surface area (Å²) in [5, 5.41) is 11.9. The highest BCUT2D eigenvalue weighted by Gasteiger charge is 2.34. The van der Waals surface area contributed by atoms with Gasteiger partial charge in [-0.15, -0.1) is 0 Å². The summed E-state index contributed by atoms with van der Waals surface area (Å²) < 4.78 is 5.13. The Kier molecular flexibility index (Phi) is 5.57. The number of hydrogen-bond acceptors (Lipinski definition) is 5. The van der Waals surface area contributed by atoms with E-state index in [1.807, 2.05) is 49.4 Å². The average Bonchev–Trinajstić information content (AvgIpc) is 2.77. The fraction of sp³-hybridized carbons (Fsp3) is 0.318. The summed E-state index contributed by atoms with van der Waals surface area (Å²) in [4.78, 5) is 24.0. The van der Waals surface area contributed by atoms with Gasteiger partial charge in [-0.25, -0.2) is 4.79 Å². The van der Waals surface area contributed by atoms with Crippen molar-refractivity contribution < 1.29 is 19.5 Å². The van der Waals surface area contributed by atoms with Gasteiger partial charge in [-0.2, -0.15) is 0 Å². The molecule has 3 aromatic rings. The van der Waals surface area contributed by atoms with Crippen LogP contribution in [-0.4, -0.2) is 58.9 Å². The quantitative estimate of drug-likeness (QED) is 0.706. The van der Waals surface area contributed by atoms with Crippen molar-refractivity contribution in [1.82, 2.24) is 14.9 Å². The van der Waals surface area contributed by atoms with Gasteiger partial charge in [-0.3, -0.25) is 14.9 Å². The van der Waals surface area contributed by atoms with Gasteiger partial charge in [-0.1, -0.05) is 18.2 Å². The Morgan fingerprint density at radius 1 is 1.14 bits per heavy atom. The third-order valence-electron chi connectivity index (χ3n) is 5.41. The maximum Gasteiger partial charge on any atom is 0.410 e. The molecule has 1 aliphatic heterocycles. The van der Waals surface area contributed by atoms with E-state index in [2.05, 4.69) is 9.97 Å². The molecule has 0 radical (unpaired) electrons. The third kappa shape index (κ3) is 3.86. The van der Waals surface area contributed by atoms with Crippen LogP contribution in [0.25, 0.3) is 10.9 Å². The van der Waals surface area contributed by atoms with Crippen LogP contribution in [0.1, 0.15) is 24.2 Å². The second-order valence-electron chi connectivity index (χ2n) is 7.11. The van der Waals surface area contributed by atoms with E-state index in [1.165, 1.54) is 4.90 Å². The van der Waals surface area contributed by atoms with Crippen LogP contribution in [0.5, 0.6) is 5.75 Å². The van der Waals surface area contributed by atoms with Gasteiger partial charge in [0.1, 0.15) is 11.2 Å². The zero-order chi connectivity index (χ0) is 20.2. The molecular formula is C22H25N4O3+. The fourth-order valence-electron chi connectivity index (χ4n) is 3.99. The molecule has 0 bridgehead atoms. The summed E-state index contributed by atoms with van der Waals surface area (Å²) in [5.74, 6) is 0.194. The van der Waals surface area contributed by atoms with E-state index >= 15 is 0 Å². The number of benzene rings is 1. The molecule has 7 nitrogen and oxygen atoms in total. The Labute approximate surface area is 169 Å². The molecule has 0 aliphatic carbocycles. The Balaban J connectivity index is 1.68. The molecule has 2 N–H and O–H groups in total. The van der Waals surface area contributed by atoms with Gasteiger partial charge in [0.05, 0.1) is 38.3 Å². The topological polar surface area (TPSA) is 80.0 Å². The molecule has 4 rings (SSSR count). The van der Waals surface area contributed by atoms with E-state index in [0.29, 0.717) is 25.2 Å². The Morgan fingerprint density at radius 2 is 1.93 bits per heavy atom. The van der Waals surface area contributed by atoms with E-state index in [9.17, 15) is 9.90 Å². The zero-order valence-corrected chi connectivity index (χ0v) is 16.4. The lowest BCUT2D eigenvalue weighted by atomic mass is 9.97. The first kappa shape index (κ1) is 19.1. The Hall–Kier alpha value is -3.19. The molecule has 3 heterocycles. The normalized spacial score (nSPS) is 16.0. The first-order valence-corrected chi connectivity index (χ1v) is 9.93. The summed E-state index contributed by atoms with van der Waals surface area (Å²) in [6.45, 7) is 4.86. The molecule has 150 valence electrons. The lowest BCUT2D eigenvalue weighted by Gasteiger charge is -2.36. The number of pyridine rings is 2. The minimum atomic E-state index is -0.265. The molecule has 0 unspecified atom stereocenters. The highest BCUT2D eigenvalue weighted by atomic mass is 16.6. The number of carbonyl (C=O) groups is 1. The number of phenolic OH excluding ortho intramolecular Hbond substituents is 1. The molecule has 1 atom stereocenters. The first-order chi connectivity index (χ1) is 14.2. The number of quaternary nitrogens is 1. The first-order valence-electron chi connectivity index (χ1n) is 9.93. The molecule has 29 heavy (non-hydrogen) atoms. The van der Waals surface area contributed by atoms with Crippen LogP contribution in [0, 0.1) is 0 Å². The highest BCUT2D eigenvalue weighted by molar-refractivity contribution is 5.85. The average molecular weight is 393 g/mol. The number of aromatic nitrogens is 2. The second kappa shape index (κ2) is 8.45. The molecule has 1 amide bonds. The molecule has 2 aromatic heterocycles. The van der Waals surface area contributed by atoms with E-state index in [0.717, 1.165) is 29.7 Å². The SMILES string of the molecule is CCOC(=O)N1CC[NH+]([C@@H](c2ccccn2)c2ccc3cccnc3c2O)CC1. The monoisotopic (exact) mass is 393 g/mol. The smallest absolute Gasteiger partial charge is 0.410 e. The van der Waals surface area contributed by atoms with Crippen molar-refractivity contribution in [3.8, 4) is 5.75 Å². The molecule has 0 spiro atoms. The van der Waals surface area contributed by atoms with Crippen molar-refractivity contribution in [1.29, 1.82) is 0 Å². The summed E-state index contributed by atoms with van der Waals surface area (Å²) in [5.41, 5.74) is 2.28. The standard InChI is InChI=1S/C22H24N4O3/c1-2-29-22(28)26-14-12-25(13-15-26)20(18-7-3-4-10-23-18)17-9-8-16-6-5-11-24-19(16)21(17)27/h3-11,20,27H,2,12-15H2,1H3/p+1/t20-/m1/s1. The number of carbonyl (C=O) groups excluding carboxylic acids is 1. The molecule has 1 fully saturated rings. The van der Waals surface area contributed by atoms with Gasteiger partial charge >= 0.3 is 6.09 Å². The number of phenols is 1. The summed E-state index contributed by atoms with van der Waals surface area (Å²) in [7, 11) is 0. The van der Waals surface area contributed by atoms with Gasteiger partial charge in [0.2, 0.25) is 0 Å². The number of nitrogens with zero attached hydrogens (tertiary/aromatic N) is 3. The van der Waals surface area contributed by atoms with Crippen LogP contribution in [0.4, 0.5) is 4.79 Å². The third-order valence-corrected chi connectivity index (χ3v) is 5.41. The molecule has 1 aromatic carbocycles. The van der Waals surface area contributed by atoms with E-state index in [4.69, 9.17) is 4.74 Å². The predicted octanol–water partition coefficient (Wildman–Crippen LogP) is 1.78. The van der Waals surface area contributed by atoms with Crippen molar-refractivity contribution in [2.24, 2.45) is 0 Å². The van der Waals surface area contributed by atoms with Gasteiger partial charge in [-0.05, 0) is 31.2 Å². The van der Waals surface area contributed by atoms with Crippen molar-refractivity contribution in [2.45, 2.75) is 13.0 Å². The number of hydrogen-bond donors (Lipinski definition) is 2. The minimum Gasteiger partial charge on any atom is -0.505 e. The van der Waals surface area contributed by atoms with E-state index < -0.39 is 0 Å². The lowest BCUT2D eigenvalue weighted by molar-refractivity contribution is -0.929. The lowest BCUT2D eigenvalue weighted by Crippen LogP contribution is -3.15. The maximum atomic E-state index is 12.0. The summed E-state index contributed by atoms with van der Waals surface area (Å²) >= 11 is 0. The van der Waals surface area contributed by atoms with Crippen LogP contribution in [-0.2, 0) is 4.74 Å². The van der Waals surface area contributed by atoms with Crippen LogP contribution >= 0.6 is 0 Å². The van der Waals surface area contributed by atoms with Crippen molar-refractivity contribution in [3.63, 3.8) is 0 Å². The Morgan fingerprint density at radius 3 is 2.66 bits per heavy atom. The fourth-order valence-corrected chi connectivity index (χ4v) is 3.99. The van der Waals surface area contributed by atoms with Crippen molar-refractivity contribution in [3.05, 3.63) is 66.1 Å².